The Bertz CT molecular complexity index is 977. The molecule has 0 aliphatic carbocycles. The van der Waals surface area contributed by atoms with Crippen molar-refractivity contribution in [3.8, 4) is 23.0 Å². The molecule has 2 N–H and O–H groups in total. The van der Waals surface area contributed by atoms with Crippen LogP contribution in [-0.2, 0) is 9.59 Å². The molecule has 38 heavy (non-hydrogen) atoms. The predicted molar refractivity (Wildman–Crippen MR) is 145 cm³/mol. The fourth-order valence-electron chi connectivity index (χ4n) is 4.68. The highest BCUT2D eigenvalue weighted by atomic mass is 16.6. The second-order valence-corrected chi connectivity index (χ2v) is 10.2. The van der Waals surface area contributed by atoms with Gasteiger partial charge in [0.2, 0.25) is 11.8 Å². The fraction of sp³-hybridized carbons (Fsp3) is 0.533. The number of carbonyl (C=O) groups is 2. The molecule has 0 spiro atoms. The van der Waals surface area contributed by atoms with Crippen molar-refractivity contribution < 1.29 is 28.5 Å². The third-order valence-electron chi connectivity index (χ3n) is 7.01. The molecule has 0 fully saturated rings. The largest absolute Gasteiger partial charge is 0.486 e. The third kappa shape index (κ3) is 8.04. The van der Waals surface area contributed by atoms with Crippen LogP contribution in [0.5, 0.6) is 23.0 Å². The second kappa shape index (κ2) is 13.9. The maximum Gasteiger partial charge on any atom is 0.220 e. The summed E-state index contributed by atoms with van der Waals surface area (Å²) in [6.07, 6.45) is 6.45. The Morgan fingerprint density at radius 3 is 1.45 bits per heavy atom. The quantitative estimate of drug-likeness (QED) is 0.366. The van der Waals surface area contributed by atoms with E-state index in [0.717, 1.165) is 61.5 Å². The molecule has 0 unspecified atom stereocenters. The van der Waals surface area contributed by atoms with E-state index in [1.54, 1.807) is 0 Å². The van der Waals surface area contributed by atoms with Crippen LogP contribution in [0.25, 0.3) is 0 Å². The number of hydrogen-bond donors (Lipinski definition) is 2. The lowest BCUT2D eigenvalue weighted by Crippen LogP contribution is -2.48. The zero-order valence-corrected chi connectivity index (χ0v) is 22.4. The highest BCUT2D eigenvalue weighted by molar-refractivity contribution is 5.76. The number of rotatable bonds is 13. The first-order chi connectivity index (χ1) is 18.5. The smallest absolute Gasteiger partial charge is 0.220 e. The summed E-state index contributed by atoms with van der Waals surface area (Å²) in [4.78, 5) is 24.7. The third-order valence-corrected chi connectivity index (χ3v) is 7.01. The maximum absolute atomic E-state index is 12.3. The SMILES string of the molecule is C[C@H](NC(=O)CCCCCCCCC(=O)N[C@H](C)[C@H]1COc2ccccc2O1)[C@@H]1COc2ccccc2O1. The molecule has 2 aliphatic rings. The van der Waals surface area contributed by atoms with Crippen LogP contribution >= 0.6 is 0 Å². The van der Waals surface area contributed by atoms with Gasteiger partial charge in [-0.3, -0.25) is 9.59 Å². The highest BCUT2D eigenvalue weighted by Gasteiger charge is 2.28. The zero-order chi connectivity index (χ0) is 26.7. The van der Waals surface area contributed by atoms with E-state index in [4.69, 9.17) is 18.9 Å². The standard InChI is InChI=1S/C30H40N2O6/c1-21(27-19-35-23-13-9-11-15-25(23)37-27)31-29(33)17-7-5-3-4-6-8-18-30(34)32-22(2)28-20-36-24-14-10-12-16-26(24)38-28/h9-16,21-22,27-28H,3-8,17-20H2,1-2H3,(H,31,33)(H,32,34)/t21-,22+,27-,28+. The minimum absolute atomic E-state index is 0.0431. The minimum atomic E-state index is -0.200. The number of fused-ring (bicyclic) bond motifs is 2. The van der Waals surface area contributed by atoms with E-state index in [1.807, 2.05) is 62.4 Å². The molecule has 2 aliphatic heterocycles. The van der Waals surface area contributed by atoms with Gasteiger partial charge >= 0.3 is 0 Å². The zero-order valence-electron chi connectivity index (χ0n) is 22.4. The number of benzene rings is 2. The van der Waals surface area contributed by atoms with Crippen molar-refractivity contribution in [2.24, 2.45) is 0 Å². The Hall–Kier alpha value is -3.42. The number of amides is 2. The lowest BCUT2D eigenvalue weighted by molar-refractivity contribution is -0.123. The molecule has 2 aromatic rings. The lowest BCUT2D eigenvalue weighted by atomic mass is 10.1. The van der Waals surface area contributed by atoms with Crippen molar-refractivity contribution in [3.05, 3.63) is 48.5 Å². The first kappa shape index (κ1) is 27.6. The van der Waals surface area contributed by atoms with Gasteiger partial charge in [-0.15, -0.1) is 0 Å². The van der Waals surface area contributed by atoms with E-state index in [9.17, 15) is 9.59 Å². The Balaban J connectivity index is 1.000. The van der Waals surface area contributed by atoms with E-state index < -0.39 is 0 Å². The van der Waals surface area contributed by atoms with Crippen LogP contribution < -0.4 is 29.6 Å². The first-order valence-electron chi connectivity index (χ1n) is 13.9. The van der Waals surface area contributed by atoms with Crippen molar-refractivity contribution in [1.82, 2.24) is 10.6 Å². The number of unbranched alkanes of at least 4 members (excludes halogenated alkanes) is 5. The van der Waals surface area contributed by atoms with Crippen LogP contribution in [0.4, 0.5) is 0 Å². The van der Waals surface area contributed by atoms with Crippen molar-refractivity contribution in [1.29, 1.82) is 0 Å². The van der Waals surface area contributed by atoms with Crippen molar-refractivity contribution >= 4 is 11.8 Å². The molecule has 0 aromatic heterocycles. The number of nitrogens with one attached hydrogen (secondary N) is 2. The van der Waals surface area contributed by atoms with Gasteiger partial charge in [-0.1, -0.05) is 49.9 Å². The van der Waals surface area contributed by atoms with Crippen LogP contribution in [0.1, 0.15) is 65.2 Å². The number of hydrogen-bond acceptors (Lipinski definition) is 6. The molecule has 4 rings (SSSR count). The summed E-state index contributed by atoms with van der Waals surface area (Å²) in [5, 5.41) is 6.09. The molecule has 8 heteroatoms. The minimum Gasteiger partial charge on any atom is -0.486 e. The number of ether oxygens (including phenoxy) is 4. The van der Waals surface area contributed by atoms with Crippen molar-refractivity contribution in [2.45, 2.75) is 89.5 Å². The van der Waals surface area contributed by atoms with E-state index in [2.05, 4.69) is 10.6 Å². The van der Waals surface area contributed by atoms with Gasteiger partial charge in [0.1, 0.15) is 13.2 Å². The monoisotopic (exact) mass is 524 g/mol. The van der Waals surface area contributed by atoms with Crippen molar-refractivity contribution in [2.75, 3.05) is 13.2 Å². The Morgan fingerprint density at radius 1 is 0.658 bits per heavy atom. The molecular weight excluding hydrogens is 484 g/mol. The van der Waals surface area contributed by atoms with Gasteiger partial charge in [-0.25, -0.2) is 0 Å². The van der Waals surface area contributed by atoms with E-state index in [0.29, 0.717) is 26.1 Å². The summed E-state index contributed by atoms with van der Waals surface area (Å²) in [6.45, 7) is 4.75. The number of carbonyl (C=O) groups excluding carboxylic acids is 2. The van der Waals surface area contributed by atoms with Gasteiger partial charge in [0, 0.05) is 12.8 Å². The molecule has 206 valence electrons. The van der Waals surface area contributed by atoms with Crippen LogP contribution in [0.15, 0.2) is 48.5 Å². The van der Waals surface area contributed by atoms with Gasteiger partial charge in [0.25, 0.3) is 0 Å². The molecule has 2 amide bonds. The van der Waals surface area contributed by atoms with Crippen LogP contribution in [0, 0.1) is 0 Å². The van der Waals surface area contributed by atoms with E-state index in [1.165, 1.54) is 0 Å². The van der Waals surface area contributed by atoms with Gasteiger partial charge in [0.15, 0.2) is 35.2 Å². The molecular formula is C30H40N2O6. The van der Waals surface area contributed by atoms with Gasteiger partial charge in [-0.05, 0) is 51.0 Å². The summed E-state index contributed by atoms with van der Waals surface area (Å²) in [5.74, 6) is 3.01. The Morgan fingerprint density at radius 2 is 1.03 bits per heavy atom. The molecule has 2 aromatic carbocycles. The maximum atomic E-state index is 12.3. The molecule has 0 saturated heterocycles. The van der Waals surface area contributed by atoms with Gasteiger partial charge in [0.05, 0.1) is 12.1 Å². The average molecular weight is 525 g/mol. The predicted octanol–water partition coefficient (Wildman–Crippen LogP) is 4.80. The number of para-hydroxylation sites is 4. The second-order valence-electron chi connectivity index (χ2n) is 10.2. The summed E-state index contributed by atoms with van der Waals surface area (Å²) < 4.78 is 23.4. The lowest BCUT2D eigenvalue weighted by Gasteiger charge is -2.30. The summed E-state index contributed by atoms with van der Waals surface area (Å²) in [7, 11) is 0. The fourth-order valence-corrected chi connectivity index (χ4v) is 4.68. The van der Waals surface area contributed by atoms with Crippen molar-refractivity contribution in [3.63, 3.8) is 0 Å². The highest BCUT2D eigenvalue weighted by Crippen LogP contribution is 2.32. The average Bonchev–Trinajstić information content (AvgIpc) is 2.93. The van der Waals surface area contributed by atoms with Gasteiger partial charge in [-0.2, -0.15) is 0 Å². The first-order valence-corrected chi connectivity index (χ1v) is 13.9. The topological polar surface area (TPSA) is 95.1 Å². The normalized spacial score (nSPS) is 19.2. The molecule has 8 nitrogen and oxygen atoms in total. The van der Waals surface area contributed by atoms with Crippen LogP contribution in [0.3, 0.4) is 0 Å². The Kier molecular flexibility index (Phi) is 10.1. The molecule has 0 bridgehead atoms. The van der Waals surface area contributed by atoms with E-state index >= 15 is 0 Å². The summed E-state index contributed by atoms with van der Waals surface area (Å²) in [5.41, 5.74) is 0. The summed E-state index contributed by atoms with van der Waals surface area (Å²) >= 11 is 0. The molecule has 0 saturated carbocycles. The van der Waals surface area contributed by atoms with Gasteiger partial charge < -0.3 is 29.6 Å². The van der Waals surface area contributed by atoms with E-state index in [-0.39, 0.29) is 36.1 Å². The molecule has 0 radical (unpaired) electrons. The Labute approximate surface area is 225 Å². The van der Waals surface area contributed by atoms with Crippen LogP contribution in [-0.4, -0.2) is 49.3 Å². The van der Waals surface area contributed by atoms with Crippen LogP contribution in [0.2, 0.25) is 0 Å². The molecule has 4 atom stereocenters. The summed E-state index contributed by atoms with van der Waals surface area (Å²) in [6, 6.07) is 14.9. The molecule has 2 heterocycles.